The van der Waals surface area contributed by atoms with Gasteiger partial charge in [-0.3, -0.25) is 9.48 Å². The van der Waals surface area contributed by atoms with E-state index in [0.29, 0.717) is 5.82 Å². The van der Waals surface area contributed by atoms with Crippen molar-refractivity contribution in [3.63, 3.8) is 0 Å². The molecule has 8 heteroatoms. The summed E-state index contributed by atoms with van der Waals surface area (Å²) in [5.74, 6) is 0.333. The maximum Gasteiger partial charge on any atom is 0.244 e. The fraction of sp³-hybridized carbons (Fsp3) is 0.158. The molecule has 3 aromatic heterocycles. The van der Waals surface area contributed by atoms with E-state index in [9.17, 15) is 4.79 Å². The van der Waals surface area contributed by atoms with E-state index in [2.05, 4.69) is 20.4 Å². The maximum atomic E-state index is 11.8. The van der Waals surface area contributed by atoms with Crippen LogP contribution in [0.1, 0.15) is 13.0 Å². The van der Waals surface area contributed by atoms with Gasteiger partial charge in [0.05, 0.1) is 22.0 Å². The number of hydrogen-bond donors (Lipinski definition) is 2. The number of nitrogens with one attached hydrogen (secondary N) is 1. The lowest BCUT2D eigenvalue weighted by atomic mass is 10.1. The van der Waals surface area contributed by atoms with E-state index in [4.69, 9.17) is 5.73 Å². The van der Waals surface area contributed by atoms with Gasteiger partial charge in [0.25, 0.3) is 0 Å². The third-order valence-corrected chi connectivity index (χ3v) is 5.47. The number of amides is 1. The molecule has 136 valence electrons. The Bertz CT molecular complexity index is 1100. The predicted molar refractivity (Wildman–Crippen MR) is 107 cm³/mol. The summed E-state index contributed by atoms with van der Waals surface area (Å²) in [5.41, 5.74) is 9.58. The maximum absolute atomic E-state index is 11.8. The minimum Gasteiger partial charge on any atom is -0.383 e. The summed E-state index contributed by atoms with van der Waals surface area (Å²) in [6.07, 6.45) is 5.25. The molecule has 0 spiro atoms. The summed E-state index contributed by atoms with van der Waals surface area (Å²) >= 11 is 1.58. The number of para-hydroxylation sites is 1. The number of carbonyl (C=O) groups excluding carboxylic acids is 1. The number of hydrogen-bond acceptors (Lipinski definition) is 6. The van der Waals surface area contributed by atoms with Crippen LogP contribution in [0.15, 0.2) is 48.9 Å². The normalized spacial score (nSPS) is 12.2. The van der Waals surface area contributed by atoms with Crippen molar-refractivity contribution in [2.24, 2.45) is 0 Å². The lowest BCUT2D eigenvalue weighted by Crippen LogP contribution is -2.27. The van der Waals surface area contributed by atoms with Crippen LogP contribution in [0.2, 0.25) is 0 Å². The Morgan fingerprint density at radius 3 is 2.85 bits per heavy atom. The molecule has 1 aromatic carbocycles. The Kier molecular flexibility index (Phi) is 4.33. The molecule has 0 saturated carbocycles. The third-order valence-electron chi connectivity index (χ3n) is 4.40. The molecule has 0 aliphatic heterocycles. The first-order chi connectivity index (χ1) is 13.1. The number of benzene rings is 1. The number of likely N-dealkylation sites (N-methyl/N-ethyl adjacent to an activating group) is 1. The monoisotopic (exact) mass is 378 g/mol. The zero-order valence-corrected chi connectivity index (χ0v) is 15.7. The van der Waals surface area contributed by atoms with E-state index < -0.39 is 6.04 Å². The summed E-state index contributed by atoms with van der Waals surface area (Å²) in [6, 6.07) is 9.54. The number of aromatic nitrogens is 4. The van der Waals surface area contributed by atoms with Gasteiger partial charge in [-0.2, -0.15) is 5.10 Å². The highest BCUT2D eigenvalue weighted by molar-refractivity contribution is 7.21. The molecule has 27 heavy (non-hydrogen) atoms. The summed E-state index contributed by atoms with van der Waals surface area (Å²) in [7, 11) is 1.61. The van der Waals surface area contributed by atoms with E-state index in [-0.39, 0.29) is 5.91 Å². The minimum absolute atomic E-state index is 0.102. The second-order valence-corrected chi connectivity index (χ2v) is 7.17. The number of carbonyl (C=O) groups is 1. The number of fused-ring (bicyclic) bond motifs is 1. The average Bonchev–Trinajstić information content (AvgIpc) is 3.34. The molecule has 4 aromatic rings. The molecule has 1 unspecified atom stereocenters. The molecule has 1 atom stereocenters. The molecular formula is C19H18N6OS. The number of nitrogens with two attached hydrogens (primary N) is 1. The zero-order valence-electron chi connectivity index (χ0n) is 14.9. The van der Waals surface area contributed by atoms with Gasteiger partial charge in [0.2, 0.25) is 5.91 Å². The van der Waals surface area contributed by atoms with Crippen LogP contribution in [0.25, 0.3) is 31.9 Å². The van der Waals surface area contributed by atoms with Gasteiger partial charge in [-0.25, -0.2) is 9.97 Å². The SMILES string of the molecule is CNC(=O)C(C)n1cc(-c2cnc(N)c(-c3nc4ccccc4s3)c2)cn1. The lowest BCUT2D eigenvalue weighted by Gasteiger charge is -2.09. The topological polar surface area (TPSA) is 98.7 Å². The van der Waals surface area contributed by atoms with E-state index in [1.54, 1.807) is 42.4 Å². The van der Waals surface area contributed by atoms with E-state index in [1.165, 1.54) is 0 Å². The largest absolute Gasteiger partial charge is 0.383 e. The minimum atomic E-state index is -0.394. The van der Waals surface area contributed by atoms with Gasteiger partial charge in [-0.1, -0.05) is 12.1 Å². The number of anilines is 1. The molecule has 3 N–H and O–H groups in total. The first-order valence-electron chi connectivity index (χ1n) is 8.44. The number of pyridine rings is 1. The van der Waals surface area contributed by atoms with Crippen molar-refractivity contribution < 1.29 is 4.79 Å². The molecule has 0 aliphatic carbocycles. The summed E-state index contributed by atoms with van der Waals surface area (Å²) in [5, 5.41) is 7.76. The van der Waals surface area contributed by atoms with Crippen LogP contribution < -0.4 is 11.1 Å². The van der Waals surface area contributed by atoms with E-state index in [0.717, 1.165) is 31.9 Å². The number of nitrogens with zero attached hydrogens (tertiary/aromatic N) is 4. The highest BCUT2D eigenvalue weighted by atomic mass is 32.1. The second kappa shape index (κ2) is 6.81. The van der Waals surface area contributed by atoms with Crippen molar-refractivity contribution in [1.82, 2.24) is 25.1 Å². The van der Waals surface area contributed by atoms with Crippen molar-refractivity contribution in [2.45, 2.75) is 13.0 Å². The molecular weight excluding hydrogens is 360 g/mol. The molecule has 0 fully saturated rings. The molecule has 4 rings (SSSR count). The fourth-order valence-corrected chi connectivity index (χ4v) is 3.81. The van der Waals surface area contributed by atoms with Crippen LogP contribution in [-0.4, -0.2) is 32.7 Å². The van der Waals surface area contributed by atoms with E-state index >= 15 is 0 Å². The van der Waals surface area contributed by atoms with Crippen molar-refractivity contribution in [1.29, 1.82) is 0 Å². The van der Waals surface area contributed by atoms with Crippen molar-refractivity contribution in [2.75, 3.05) is 12.8 Å². The smallest absolute Gasteiger partial charge is 0.244 e. The predicted octanol–water partition coefficient (Wildman–Crippen LogP) is 3.11. The van der Waals surface area contributed by atoms with Crippen LogP contribution in [0.3, 0.4) is 0 Å². The summed E-state index contributed by atoms with van der Waals surface area (Å²) in [4.78, 5) is 20.8. The van der Waals surface area contributed by atoms with Gasteiger partial charge in [0, 0.05) is 30.6 Å². The van der Waals surface area contributed by atoms with Crippen LogP contribution in [0.5, 0.6) is 0 Å². The molecule has 3 heterocycles. The Hall–Kier alpha value is -3.26. The molecule has 0 bridgehead atoms. The molecule has 0 aliphatic rings. The molecule has 1 amide bonds. The van der Waals surface area contributed by atoms with Gasteiger partial charge in [0.1, 0.15) is 16.9 Å². The van der Waals surface area contributed by atoms with Gasteiger partial charge in [-0.15, -0.1) is 11.3 Å². The van der Waals surface area contributed by atoms with Crippen LogP contribution in [0, 0.1) is 0 Å². The van der Waals surface area contributed by atoms with Gasteiger partial charge >= 0.3 is 0 Å². The molecule has 0 radical (unpaired) electrons. The summed E-state index contributed by atoms with van der Waals surface area (Å²) in [6.45, 7) is 1.80. The van der Waals surface area contributed by atoms with Crippen LogP contribution >= 0.6 is 11.3 Å². The zero-order chi connectivity index (χ0) is 19.0. The Morgan fingerprint density at radius 2 is 2.07 bits per heavy atom. The first kappa shape index (κ1) is 17.2. The van der Waals surface area contributed by atoms with Gasteiger partial charge < -0.3 is 11.1 Å². The Balaban J connectivity index is 1.72. The average molecular weight is 378 g/mol. The first-order valence-corrected chi connectivity index (χ1v) is 9.26. The summed E-state index contributed by atoms with van der Waals surface area (Å²) < 4.78 is 2.73. The van der Waals surface area contributed by atoms with Crippen LogP contribution in [0.4, 0.5) is 5.82 Å². The number of nitrogen functional groups attached to an aromatic ring is 1. The number of thiazole rings is 1. The Labute approximate surface area is 159 Å². The number of rotatable bonds is 4. The van der Waals surface area contributed by atoms with Crippen molar-refractivity contribution >= 4 is 33.3 Å². The quantitative estimate of drug-likeness (QED) is 0.568. The Morgan fingerprint density at radius 1 is 1.26 bits per heavy atom. The highest BCUT2D eigenvalue weighted by Crippen LogP contribution is 2.34. The van der Waals surface area contributed by atoms with Gasteiger partial charge in [-0.05, 0) is 25.1 Å². The molecule has 7 nitrogen and oxygen atoms in total. The van der Waals surface area contributed by atoms with Gasteiger partial charge in [0.15, 0.2) is 0 Å². The van der Waals surface area contributed by atoms with Crippen molar-refractivity contribution in [3.8, 4) is 21.7 Å². The van der Waals surface area contributed by atoms with Crippen LogP contribution in [-0.2, 0) is 4.79 Å². The second-order valence-electron chi connectivity index (χ2n) is 6.14. The molecule has 0 saturated heterocycles. The third kappa shape index (κ3) is 3.15. The van der Waals surface area contributed by atoms with E-state index in [1.807, 2.05) is 36.5 Å². The fourth-order valence-electron chi connectivity index (χ4n) is 2.82. The van der Waals surface area contributed by atoms with Crippen molar-refractivity contribution in [3.05, 3.63) is 48.9 Å². The highest BCUT2D eigenvalue weighted by Gasteiger charge is 2.16. The lowest BCUT2D eigenvalue weighted by molar-refractivity contribution is -0.123. The standard InChI is InChI=1S/C19H18N6OS/c1-11(18(26)21-2)25-10-13(9-23-25)12-7-14(17(20)22-8-12)19-24-15-5-3-4-6-16(15)27-19/h3-11H,1-2H3,(H2,20,22)(H,21,26).